The molecule has 1 N–H and O–H groups in total. The summed E-state index contributed by atoms with van der Waals surface area (Å²) < 4.78 is 18.4. The number of urea groups is 1. The third-order valence-electron chi connectivity index (χ3n) is 5.22. The van der Waals surface area contributed by atoms with Crippen LogP contribution in [-0.4, -0.2) is 47.8 Å². The molecule has 1 aliphatic heterocycles. The summed E-state index contributed by atoms with van der Waals surface area (Å²) in [7, 11) is 1.57. The Bertz CT molecular complexity index is 991. The lowest BCUT2D eigenvalue weighted by Gasteiger charge is -2.25. The zero-order valence-electron chi connectivity index (χ0n) is 17.4. The minimum absolute atomic E-state index is 0.254. The van der Waals surface area contributed by atoms with Crippen LogP contribution >= 0.6 is 0 Å². The van der Waals surface area contributed by atoms with Crippen LogP contribution in [0.2, 0.25) is 0 Å². The molecule has 0 aliphatic carbocycles. The SMILES string of the molecule is C=CCN(Cc1ccc(OC)cc1)C(=O)CN1C(=O)N[C@@](C)(c2ccc(F)cc2)C1=O. The molecule has 0 bridgehead atoms. The monoisotopic (exact) mass is 425 g/mol. The highest BCUT2D eigenvalue weighted by molar-refractivity contribution is 6.09. The number of nitrogens with one attached hydrogen (secondary N) is 1. The lowest BCUT2D eigenvalue weighted by Crippen LogP contribution is -2.44. The van der Waals surface area contributed by atoms with Gasteiger partial charge < -0.3 is 15.0 Å². The van der Waals surface area contributed by atoms with Crippen LogP contribution < -0.4 is 10.1 Å². The van der Waals surface area contributed by atoms with Crippen LogP contribution in [0.25, 0.3) is 0 Å². The molecule has 162 valence electrons. The van der Waals surface area contributed by atoms with Crippen LogP contribution in [0.3, 0.4) is 0 Å². The van der Waals surface area contributed by atoms with Gasteiger partial charge in [0.25, 0.3) is 5.91 Å². The van der Waals surface area contributed by atoms with E-state index in [0.29, 0.717) is 11.3 Å². The standard InChI is InChI=1S/C23H24FN3O4/c1-4-13-26(14-16-5-11-19(31-3)12-6-16)20(28)15-27-21(29)23(2,25-22(27)30)17-7-9-18(24)10-8-17/h4-12H,1,13-15H2,2-3H3,(H,25,30)/t23-/m0/s1. The Morgan fingerprint density at radius 2 is 1.84 bits per heavy atom. The van der Waals surface area contributed by atoms with Crippen molar-refractivity contribution in [2.24, 2.45) is 0 Å². The minimum atomic E-state index is -1.37. The highest BCUT2D eigenvalue weighted by Gasteiger charge is 2.49. The van der Waals surface area contributed by atoms with Gasteiger partial charge in [0.15, 0.2) is 0 Å². The summed E-state index contributed by atoms with van der Waals surface area (Å²) in [5, 5.41) is 2.61. The number of methoxy groups -OCH3 is 1. The average Bonchev–Trinajstić information content (AvgIpc) is 2.98. The molecule has 0 spiro atoms. The first-order valence-electron chi connectivity index (χ1n) is 9.70. The van der Waals surface area contributed by atoms with E-state index in [-0.39, 0.29) is 13.1 Å². The van der Waals surface area contributed by atoms with E-state index in [2.05, 4.69) is 11.9 Å². The maximum Gasteiger partial charge on any atom is 0.325 e. The third-order valence-corrected chi connectivity index (χ3v) is 5.22. The molecule has 0 aromatic heterocycles. The van der Waals surface area contributed by atoms with E-state index >= 15 is 0 Å². The normalized spacial score (nSPS) is 18.0. The number of rotatable bonds is 8. The fraction of sp³-hybridized carbons (Fsp3) is 0.261. The molecular formula is C23H24FN3O4. The second kappa shape index (κ2) is 8.99. The van der Waals surface area contributed by atoms with Gasteiger partial charge in [-0.25, -0.2) is 9.18 Å². The summed E-state index contributed by atoms with van der Waals surface area (Å²) >= 11 is 0. The van der Waals surface area contributed by atoms with Crippen molar-refractivity contribution in [2.75, 3.05) is 20.2 Å². The zero-order chi connectivity index (χ0) is 22.6. The van der Waals surface area contributed by atoms with Gasteiger partial charge >= 0.3 is 6.03 Å². The first kappa shape index (κ1) is 22.0. The Hall–Kier alpha value is -3.68. The van der Waals surface area contributed by atoms with Crippen LogP contribution in [0.4, 0.5) is 9.18 Å². The van der Waals surface area contributed by atoms with Gasteiger partial charge in [0.05, 0.1) is 7.11 Å². The van der Waals surface area contributed by atoms with E-state index in [0.717, 1.165) is 10.5 Å². The molecule has 1 aliphatic rings. The largest absolute Gasteiger partial charge is 0.497 e. The number of ether oxygens (including phenoxy) is 1. The predicted octanol–water partition coefficient (Wildman–Crippen LogP) is 2.82. The molecule has 3 rings (SSSR count). The Balaban J connectivity index is 1.74. The molecule has 1 atom stereocenters. The van der Waals surface area contributed by atoms with E-state index in [4.69, 9.17) is 4.74 Å². The van der Waals surface area contributed by atoms with Crippen molar-refractivity contribution < 1.29 is 23.5 Å². The molecule has 7 nitrogen and oxygen atoms in total. The van der Waals surface area contributed by atoms with E-state index in [1.54, 1.807) is 25.3 Å². The summed E-state index contributed by atoms with van der Waals surface area (Å²) in [6.07, 6.45) is 1.58. The van der Waals surface area contributed by atoms with Crippen LogP contribution in [0.15, 0.2) is 61.2 Å². The number of amides is 4. The van der Waals surface area contributed by atoms with Gasteiger partial charge in [0.1, 0.15) is 23.7 Å². The third kappa shape index (κ3) is 4.58. The average molecular weight is 425 g/mol. The van der Waals surface area contributed by atoms with Gasteiger partial charge in [0, 0.05) is 13.1 Å². The van der Waals surface area contributed by atoms with Crippen molar-refractivity contribution in [3.05, 3.63) is 78.1 Å². The maximum absolute atomic E-state index is 13.3. The number of halogens is 1. The second-order valence-electron chi connectivity index (χ2n) is 7.36. The summed E-state index contributed by atoms with van der Waals surface area (Å²) in [6.45, 7) is 5.34. The number of benzene rings is 2. The minimum Gasteiger partial charge on any atom is -0.497 e. The molecule has 2 aromatic rings. The van der Waals surface area contributed by atoms with Gasteiger partial charge in [-0.2, -0.15) is 0 Å². The Morgan fingerprint density at radius 3 is 2.42 bits per heavy atom. The molecule has 1 heterocycles. The van der Waals surface area contributed by atoms with Crippen molar-refractivity contribution in [1.29, 1.82) is 0 Å². The van der Waals surface area contributed by atoms with Crippen molar-refractivity contribution in [2.45, 2.75) is 19.0 Å². The zero-order valence-corrected chi connectivity index (χ0v) is 17.4. The van der Waals surface area contributed by atoms with E-state index in [9.17, 15) is 18.8 Å². The predicted molar refractivity (Wildman–Crippen MR) is 113 cm³/mol. The number of carbonyl (C=O) groups excluding carboxylic acids is 3. The quantitative estimate of drug-likeness (QED) is 0.521. The molecule has 2 aromatic carbocycles. The molecule has 0 radical (unpaired) electrons. The van der Waals surface area contributed by atoms with Crippen molar-refractivity contribution >= 4 is 17.8 Å². The highest BCUT2D eigenvalue weighted by Crippen LogP contribution is 2.29. The number of carbonyl (C=O) groups is 3. The summed E-state index contributed by atoms with van der Waals surface area (Å²) in [6, 6.07) is 11.9. The first-order chi connectivity index (χ1) is 14.8. The highest BCUT2D eigenvalue weighted by atomic mass is 19.1. The molecule has 8 heteroatoms. The van der Waals surface area contributed by atoms with Gasteiger partial charge in [-0.1, -0.05) is 30.3 Å². The fourth-order valence-corrected chi connectivity index (χ4v) is 3.42. The molecular weight excluding hydrogens is 401 g/mol. The first-order valence-corrected chi connectivity index (χ1v) is 9.70. The Labute approximate surface area is 180 Å². The summed E-state index contributed by atoms with van der Waals surface area (Å²) in [4.78, 5) is 40.8. The Kier molecular flexibility index (Phi) is 6.39. The lowest BCUT2D eigenvalue weighted by atomic mass is 9.92. The number of imide groups is 1. The van der Waals surface area contributed by atoms with E-state index in [1.807, 2.05) is 12.1 Å². The molecule has 0 saturated carbocycles. The topological polar surface area (TPSA) is 79.0 Å². The van der Waals surface area contributed by atoms with Gasteiger partial charge in [0.2, 0.25) is 5.91 Å². The van der Waals surface area contributed by atoms with Crippen LogP contribution in [0.5, 0.6) is 5.75 Å². The smallest absolute Gasteiger partial charge is 0.325 e. The second-order valence-corrected chi connectivity index (χ2v) is 7.36. The maximum atomic E-state index is 13.3. The molecule has 4 amide bonds. The van der Waals surface area contributed by atoms with E-state index < -0.39 is 35.7 Å². The number of hydrogen-bond acceptors (Lipinski definition) is 4. The van der Waals surface area contributed by atoms with Crippen LogP contribution in [0.1, 0.15) is 18.1 Å². The Morgan fingerprint density at radius 1 is 1.19 bits per heavy atom. The molecule has 1 saturated heterocycles. The summed E-state index contributed by atoms with van der Waals surface area (Å²) in [5.41, 5.74) is -0.0719. The number of nitrogens with zero attached hydrogens (tertiary/aromatic N) is 2. The van der Waals surface area contributed by atoms with Crippen LogP contribution in [-0.2, 0) is 21.7 Å². The van der Waals surface area contributed by atoms with Gasteiger partial charge in [-0.3, -0.25) is 14.5 Å². The van der Waals surface area contributed by atoms with Crippen LogP contribution in [0, 0.1) is 5.82 Å². The lowest BCUT2D eigenvalue weighted by molar-refractivity contribution is -0.139. The van der Waals surface area contributed by atoms with Crippen molar-refractivity contribution in [1.82, 2.24) is 15.1 Å². The molecule has 1 fully saturated rings. The number of hydrogen-bond donors (Lipinski definition) is 1. The van der Waals surface area contributed by atoms with E-state index in [1.165, 1.54) is 36.1 Å². The van der Waals surface area contributed by atoms with Crippen molar-refractivity contribution in [3.8, 4) is 5.75 Å². The van der Waals surface area contributed by atoms with Gasteiger partial charge in [-0.05, 0) is 42.3 Å². The fourth-order valence-electron chi connectivity index (χ4n) is 3.42. The molecule has 31 heavy (non-hydrogen) atoms. The van der Waals surface area contributed by atoms with Gasteiger partial charge in [-0.15, -0.1) is 6.58 Å². The van der Waals surface area contributed by atoms with Crippen molar-refractivity contribution in [3.63, 3.8) is 0 Å². The molecule has 0 unspecified atom stereocenters. The summed E-state index contributed by atoms with van der Waals surface area (Å²) in [5.74, 6) is -0.720.